The van der Waals surface area contributed by atoms with Gasteiger partial charge in [0.25, 0.3) is 11.6 Å². The first kappa shape index (κ1) is 21.0. The van der Waals surface area contributed by atoms with Crippen LogP contribution in [-0.4, -0.2) is 30.0 Å². The van der Waals surface area contributed by atoms with Crippen molar-refractivity contribution in [2.24, 2.45) is 0 Å². The molecule has 1 amide bonds. The molecule has 9 nitrogen and oxygen atoms in total. The zero-order valence-electron chi connectivity index (χ0n) is 15.3. The summed E-state index contributed by atoms with van der Waals surface area (Å²) in [6.07, 6.45) is -1.20. The Labute approximate surface area is 165 Å². The smallest absolute Gasteiger partial charge is 0.341 e. The number of halogens is 1. The number of benzene rings is 2. The maximum Gasteiger partial charge on any atom is 0.341 e. The fraction of sp³-hybridized carbons (Fsp3) is 0.222. The van der Waals surface area contributed by atoms with Gasteiger partial charge in [0, 0.05) is 28.9 Å². The third-order valence-electron chi connectivity index (χ3n) is 3.86. The second-order valence-electron chi connectivity index (χ2n) is 5.87. The summed E-state index contributed by atoms with van der Waals surface area (Å²) >= 11 is 6.03. The van der Waals surface area contributed by atoms with Crippen LogP contribution in [0.3, 0.4) is 0 Å². The second kappa shape index (κ2) is 8.57. The first-order valence-corrected chi connectivity index (χ1v) is 8.41. The minimum Gasteiger partial charge on any atom is -0.495 e. The van der Waals surface area contributed by atoms with E-state index in [1.165, 1.54) is 20.1 Å². The van der Waals surface area contributed by atoms with Gasteiger partial charge in [-0.25, -0.2) is 4.79 Å². The highest BCUT2D eigenvalue weighted by atomic mass is 35.5. The molecule has 0 fully saturated rings. The van der Waals surface area contributed by atoms with Crippen LogP contribution in [0, 0.1) is 17.0 Å². The van der Waals surface area contributed by atoms with Crippen molar-refractivity contribution in [1.29, 1.82) is 0 Å². The summed E-state index contributed by atoms with van der Waals surface area (Å²) in [7, 11) is 1.42. The lowest BCUT2D eigenvalue weighted by atomic mass is 10.1. The lowest BCUT2D eigenvalue weighted by Gasteiger charge is -2.16. The minimum atomic E-state index is -1.20. The first-order valence-electron chi connectivity index (χ1n) is 8.04. The molecule has 10 heteroatoms. The molecule has 28 heavy (non-hydrogen) atoms. The number of nitrogens with zero attached hydrogens (tertiary/aromatic N) is 1. The normalized spacial score (nSPS) is 11.4. The molecule has 0 spiro atoms. The molecular weight excluding hydrogens is 390 g/mol. The SMILES string of the molecule is COc1cc(Cl)c(C)cc1NC(=O)[C@H](C)OC(=O)c1cc([N+](=O)[O-])ccc1N. The Kier molecular flexibility index (Phi) is 6.42. The average molecular weight is 408 g/mol. The molecule has 2 aromatic carbocycles. The Balaban J connectivity index is 2.15. The summed E-state index contributed by atoms with van der Waals surface area (Å²) < 4.78 is 10.3. The maximum atomic E-state index is 12.4. The summed E-state index contributed by atoms with van der Waals surface area (Å²) in [6, 6.07) is 6.55. The number of non-ortho nitro benzene ring substituents is 1. The molecule has 148 valence electrons. The van der Waals surface area contributed by atoms with E-state index in [0.29, 0.717) is 22.0 Å². The van der Waals surface area contributed by atoms with E-state index in [9.17, 15) is 19.7 Å². The number of ether oxygens (including phenoxy) is 2. The number of nitrogens with two attached hydrogens (primary N) is 1. The van der Waals surface area contributed by atoms with E-state index in [4.69, 9.17) is 26.8 Å². The van der Waals surface area contributed by atoms with Gasteiger partial charge in [-0.2, -0.15) is 0 Å². The molecule has 0 unspecified atom stereocenters. The Morgan fingerprint density at radius 2 is 1.96 bits per heavy atom. The van der Waals surface area contributed by atoms with E-state index < -0.39 is 22.9 Å². The molecule has 0 aromatic heterocycles. The van der Waals surface area contributed by atoms with Crippen LogP contribution in [0.2, 0.25) is 5.02 Å². The molecule has 2 aromatic rings. The number of carbonyl (C=O) groups excluding carboxylic acids is 2. The van der Waals surface area contributed by atoms with Crippen LogP contribution in [0.4, 0.5) is 17.1 Å². The highest BCUT2D eigenvalue weighted by Crippen LogP contribution is 2.31. The molecule has 0 saturated heterocycles. The van der Waals surface area contributed by atoms with Crippen molar-refractivity contribution in [3.63, 3.8) is 0 Å². The number of anilines is 2. The quantitative estimate of drug-likeness (QED) is 0.324. The number of carbonyl (C=O) groups is 2. The highest BCUT2D eigenvalue weighted by molar-refractivity contribution is 6.31. The molecule has 0 aliphatic heterocycles. The number of nitrogens with one attached hydrogen (secondary N) is 1. The van der Waals surface area contributed by atoms with Gasteiger partial charge in [0.05, 0.1) is 23.3 Å². The average Bonchev–Trinajstić information content (AvgIpc) is 2.64. The summed E-state index contributed by atoms with van der Waals surface area (Å²) in [4.78, 5) is 34.9. The molecule has 0 heterocycles. The number of rotatable bonds is 6. The monoisotopic (exact) mass is 407 g/mol. The molecule has 2 rings (SSSR count). The summed E-state index contributed by atoms with van der Waals surface area (Å²) in [5.74, 6) is -1.24. The van der Waals surface area contributed by atoms with E-state index in [0.717, 1.165) is 12.1 Å². The van der Waals surface area contributed by atoms with Crippen molar-refractivity contribution < 1.29 is 24.0 Å². The molecule has 0 aliphatic carbocycles. The van der Waals surface area contributed by atoms with Crippen LogP contribution in [0.5, 0.6) is 5.75 Å². The Bertz CT molecular complexity index is 947. The Morgan fingerprint density at radius 3 is 2.57 bits per heavy atom. The largest absolute Gasteiger partial charge is 0.495 e. The van der Waals surface area contributed by atoms with Crippen LogP contribution < -0.4 is 15.8 Å². The molecule has 0 aliphatic rings. The number of amides is 1. The van der Waals surface area contributed by atoms with Gasteiger partial charge in [-0.3, -0.25) is 14.9 Å². The number of nitro groups is 1. The lowest BCUT2D eigenvalue weighted by Crippen LogP contribution is -2.30. The van der Waals surface area contributed by atoms with Gasteiger partial charge in [-0.1, -0.05) is 11.6 Å². The van der Waals surface area contributed by atoms with Gasteiger partial charge < -0.3 is 20.5 Å². The Morgan fingerprint density at radius 1 is 1.29 bits per heavy atom. The van der Waals surface area contributed by atoms with Gasteiger partial charge >= 0.3 is 5.97 Å². The second-order valence-corrected chi connectivity index (χ2v) is 6.27. The standard InChI is InChI=1S/C18H18ClN3O6/c1-9-6-15(16(27-3)8-13(9)19)21-17(23)10(2)28-18(24)12-7-11(22(25)26)4-5-14(12)20/h4-8,10H,20H2,1-3H3,(H,21,23)/t10-/m0/s1. The fourth-order valence-corrected chi connectivity index (χ4v) is 2.43. The van der Waals surface area contributed by atoms with E-state index in [-0.39, 0.29) is 16.9 Å². The van der Waals surface area contributed by atoms with E-state index in [1.54, 1.807) is 19.1 Å². The van der Waals surface area contributed by atoms with Gasteiger partial charge in [0.1, 0.15) is 5.75 Å². The van der Waals surface area contributed by atoms with Crippen molar-refractivity contribution >= 4 is 40.5 Å². The van der Waals surface area contributed by atoms with Crippen LogP contribution in [0.25, 0.3) is 0 Å². The third-order valence-corrected chi connectivity index (χ3v) is 4.27. The van der Waals surface area contributed by atoms with E-state index >= 15 is 0 Å². The van der Waals surface area contributed by atoms with Crippen LogP contribution in [-0.2, 0) is 9.53 Å². The van der Waals surface area contributed by atoms with Gasteiger partial charge in [0.2, 0.25) is 0 Å². The van der Waals surface area contributed by atoms with Crippen molar-refractivity contribution in [2.75, 3.05) is 18.2 Å². The fourth-order valence-electron chi connectivity index (χ4n) is 2.28. The molecule has 1 atom stereocenters. The van der Waals surface area contributed by atoms with Gasteiger partial charge in [-0.15, -0.1) is 0 Å². The molecular formula is C18H18ClN3O6. The van der Waals surface area contributed by atoms with Crippen LogP contribution in [0.15, 0.2) is 30.3 Å². The van der Waals surface area contributed by atoms with Gasteiger partial charge in [0.15, 0.2) is 6.10 Å². The molecule has 0 radical (unpaired) electrons. The third kappa shape index (κ3) is 4.68. The number of hydrogen-bond acceptors (Lipinski definition) is 7. The van der Waals surface area contributed by atoms with Gasteiger partial charge in [-0.05, 0) is 31.5 Å². The molecule has 3 N–H and O–H groups in total. The summed E-state index contributed by atoms with van der Waals surface area (Å²) in [5.41, 5.74) is 6.23. The number of methoxy groups -OCH3 is 1. The topological polar surface area (TPSA) is 134 Å². The number of nitrogen functional groups attached to an aromatic ring is 1. The molecule has 0 saturated carbocycles. The zero-order valence-corrected chi connectivity index (χ0v) is 16.1. The summed E-state index contributed by atoms with van der Waals surface area (Å²) in [6.45, 7) is 3.11. The highest BCUT2D eigenvalue weighted by Gasteiger charge is 2.23. The van der Waals surface area contributed by atoms with Crippen LogP contribution in [0.1, 0.15) is 22.8 Å². The predicted octanol–water partition coefficient (Wildman–Crippen LogP) is 3.33. The van der Waals surface area contributed by atoms with Crippen molar-refractivity contribution in [3.8, 4) is 5.75 Å². The van der Waals surface area contributed by atoms with E-state index in [2.05, 4.69) is 5.32 Å². The lowest BCUT2D eigenvalue weighted by molar-refractivity contribution is -0.384. The zero-order chi connectivity index (χ0) is 21.0. The van der Waals surface area contributed by atoms with Crippen molar-refractivity contribution in [3.05, 3.63) is 56.6 Å². The number of nitro benzene ring substituents is 1. The van der Waals surface area contributed by atoms with E-state index in [1.807, 2.05) is 0 Å². The van der Waals surface area contributed by atoms with Crippen molar-refractivity contribution in [2.45, 2.75) is 20.0 Å². The van der Waals surface area contributed by atoms with Crippen LogP contribution >= 0.6 is 11.6 Å². The van der Waals surface area contributed by atoms with Crippen molar-refractivity contribution in [1.82, 2.24) is 0 Å². The molecule has 0 bridgehead atoms. The minimum absolute atomic E-state index is 0.00166. The maximum absolute atomic E-state index is 12.4. The summed E-state index contributed by atoms with van der Waals surface area (Å²) in [5, 5.41) is 13.9. The number of esters is 1. The number of aryl methyl sites for hydroxylation is 1. The first-order chi connectivity index (χ1) is 13.1. The predicted molar refractivity (Wildman–Crippen MR) is 104 cm³/mol. The number of hydrogen-bond donors (Lipinski definition) is 2. The Hall–Kier alpha value is -3.33.